The van der Waals surface area contributed by atoms with E-state index in [9.17, 15) is 9.59 Å². The van der Waals surface area contributed by atoms with Gasteiger partial charge in [-0.15, -0.1) is 11.3 Å². The van der Waals surface area contributed by atoms with Crippen LogP contribution < -0.4 is 15.0 Å². The van der Waals surface area contributed by atoms with Gasteiger partial charge in [-0.05, 0) is 54.6 Å². The largest absolute Gasteiger partial charge is 0.477 e. The summed E-state index contributed by atoms with van der Waals surface area (Å²) in [7, 11) is 1.57. The Morgan fingerprint density at radius 3 is 2.82 bits per heavy atom. The number of aryl methyl sites for hydroxylation is 2. The molecule has 168 valence electrons. The lowest BCUT2D eigenvalue weighted by atomic mass is 10.0. The summed E-state index contributed by atoms with van der Waals surface area (Å²) in [6.45, 7) is 2.27. The monoisotopic (exact) mass is 459 g/mol. The molecule has 2 amide bonds. The molecular weight excluding hydrogens is 434 g/mol. The van der Waals surface area contributed by atoms with Gasteiger partial charge in [-0.3, -0.25) is 9.59 Å². The number of carbonyl (C=O) groups is 2. The van der Waals surface area contributed by atoms with Gasteiger partial charge < -0.3 is 19.9 Å². The minimum absolute atomic E-state index is 0.0289. The van der Waals surface area contributed by atoms with Gasteiger partial charge in [-0.1, -0.05) is 29.8 Å². The maximum absolute atomic E-state index is 13.4. The van der Waals surface area contributed by atoms with E-state index in [1.807, 2.05) is 24.3 Å². The van der Waals surface area contributed by atoms with Gasteiger partial charge in [0, 0.05) is 24.4 Å². The second kappa shape index (κ2) is 8.75. The van der Waals surface area contributed by atoms with Crippen LogP contribution in [-0.4, -0.2) is 36.5 Å². The second-order valence-corrected chi connectivity index (χ2v) is 9.15. The van der Waals surface area contributed by atoms with E-state index in [4.69, 9.17) is 4.74 Å². The summed E-state index contributed by atoms with van der Waals surface area (Å²) in [4.78, 5) is 32.1. The molecule has 2 N–H and O–H groups in total. The van der Waals surface area contributed by atoms with Crippen molar-refractivity contribution in [2.24, 2.45) is 0 Å². The smallest absolute Gasteiger partial charge is 0.262 e. The van der Waals surface area contributed by atoms with Crippen molar-refractivity contribution in [1.29, 1.82) is 0 Å². The van der Waals surface area contributed by atoms with Crippen molar-refractivity contribution < 1.29 is 14.3 Å². The van der Waals surface area contributed by atoms with E-state index < -0.39 is 6.10 Å². The Kier molecular flexibility index (Phi) is 5.64. The number of para-hydroxylation sites is 2. The highest BCUT2D eigenvalue weighted by Crippen LogP contribution is 2.36. The summed E-state index contributed by atoms with van der Waals surface area (Å²) >= 11 is 1.68. The number of fused-ring (bicyclic) bond motifs is 2. The third-order valence-electron chi connectivity index (χ3n) is 6.03. The molecule has 33 heavy (non-hydrogen) atoms. The summed E-state index contributed by atoms with van der Waals surface area (Å²) < 4.78 is 5.84. The number of carbonyl (C=O) groups excluding carboxylic acids is 2. The predicted molar refractivity (Wildman–Crippen MR) is 132 cm³/mol. The molecule has 6 nitrogen and oxygen atoms in total. The Bertz CT molecular complexity index is 1330. The van der Waals surface area contributed by atoms with Crippen LogP contribution in [0.4, 0.5) is 5.69 Å². The lowest BCUT2D eigenvalue weighted by Crippen LogP contribution is -2.50. The Hall–Kier alpha value is -3.58. The maximum atomic E-state index is 13.4. The van der Waals surface area contributed by atoms with Gasteiger partial charge in [0.25, 0.3) is 5.91 Å². The van der Waals surface area contributed by atoms with Crippen molar-refractivity contribution in [3.05, 3.63) is 71.1 Å². The molecule has 0 radical (unpaired) electrons. The number of H-pyrrole nitrogens is 1. The minimum atomic E-state index is -0.730. The molecule has 0 spiro atoms. The van der Waals surface area contributed by atoms with Crippen LogP contribution >= 0.6 is 11.3 Å². The summed E-state index contributed by atoms with van der Waals surface area (Å²) in [5, 5.41) is 5.83. The summed E-state index contributed by atoms with van der Waals surface area (Å²) in [5.41, 5.74) is 5.18. The van der Waals surface area contributed by atoms with E-state index in [1.54, 1.807) is 29.4 Å². The molecule has 3 heterocycles. The van der Waals surface area contributed by atoms with Crippen LogP contribution in [0.1, 0.15) is 17.5 Å². The molecule has 0 aliphatic carbocycles. The zero-order valence-corrected chi connectivity index (χ0v) is 19.4. The van der Waals surface area contributed by atoms with Crippen LogP contribution in [0.2, 0.25) is 0 Å². The van der Waals surface area contributed by atoms with Gasteiger partial charge in [0.2, 0.25) is 5.91 Å². The van der Waals surface area contributed by atoms with Crippen molar-refractivity contribution >= 4 is 39.7 Å². The summed E-state index contributed by atoms with van der Waals surface area (Å²) in [6.07, 6.45) is 0.194. The molecule has 0 saturated carbocycles. The van der Waals surface area contributed by atoms with E-state index in [0.717, 1.165) is 27.0 Å². The first-order chi connectivity index (χ1) is 16.0. The Morgan fingerprint density at radius 2 is 2.03 bits per heavy atom. The number of thiophene rings is 1. The SMILES string of the molecule is CNC(=O)C1CN(C(=O)CCc2c(-c3cccs3)[nH]c3ccc(C)cc23)c2ccccc2O1. The van der Waals surface area contributed by atoms with E-state index in [2.05, 4.69) is 46.9 Å². The van der Waals surface area contributed by atoms with Crippen LogP contribution in [0.25, 0.3) is 21.5 Å². The fourth-order valence-corrected chi connectivity index (χ4v) is 5.14. The third kappa shape index (κ3) is 4.00. The van der Waals surface area contributed by atoms with Gasteiger partial charge in [-0.25, -0.2) is 0 Å². The molecular formula is C26H25N3O3S. The number of rotatable bonds is 5. The highest BCUT2D eigenvalue weighted by atomic mass is 32.1. The summed E-state index contributed by atoms with van der Waals surface area (Å²) in [5.74, 6) is 0.279. The number of benzene rings is 2. The van der Waals surface area contributed by atoms with Crippen molar-refractivity contribution in [1.82, 2.24) is 10.3 Å². The average Bonchev–Trinajstić information content (AvgIpc) is 3.49. The highest BCUT2D eigenvalue weighted by molar-refractivity contribution is 7.13. The van der Waals surface area contributed by atoms with Crippen LogP contribution in [0.3, 0.4) is 0 Å². The van der Waals surface area contributed by atoms with Crippen LogP contribution in [0, 0.1) is 6.92 Å². The Morgan fingerprint density at radius 1 is 1.18 bits per heavy atom. The van der Waals surface area contributed by atoms with Gasteiger partial charge in [-0.2, -0.15) is 0 Å². The molecule has 1 atom stereocenters. The number of hydrogen-bond donors (Lipinski definition) is 2. The molecule has 0 bridgehead atoms. The Labute approximate surface area is 196 Å². The van der Waals surface area contributed by atoms with Crippen molar-refractivity contribution in [2.75, 3.05) is 18.5 Å². The highest BCUT2D eigenvalue weighted by Gasteiger charge is 2.33. The summed E-state index contributed by atoms with van der Waals surface area (Å²) in [6, 6.07) is 17.9. The molecule has 0 fully saturated rings. The number of aromatic amines is 1. The molecule has 4 aromatic rings. The number of nitrogens with zero attached hydrogens (tertiary/aromatic N) is 1. The van der Waals surface area contributed by atoms with Crippen molar-refractivity contribution in [3.8, 4) is 16.3 Å². The quantitative estimate of drug-likeness (QED) is 0.455. The fourth-order valence-electron chi connectivity index (χ4n) is 4.39. The zero-order chi connectivity index (χ0) is 22.9. The lowest BCUT2D eigenvalue weighted by Gasteiger charge is -2.34. The fraction of sp³-hybridized carbons (Fsp3) is 0.231. The number of nitrogens with one attached hydrogen (secondary N) is 2. The second-order valence-electron chi connectivity index (χ2n) is 8.20. The predicted octanol–water partition coefficient (Wildman–Crippen LogP) is 4.68. The number of amides is 2. The maximum Gasteiger partial charge on any atom is 0.262 e. The number of likely N-dealkylation sites (N-methyl/N-ethyl adjacent to an activating group) is 1. The van der Waals surface area contributed by atoms with E-state index in [0.29, 0.717) is 24.3 Å². The van der Waals surface area contributed by atoms with Crippen LogP contribution in [0.15, 0.2) is 60.0 Å². The van der Waals surface area contributed by atoms with E-state index in [-0.39, 0.29) is 18.4 Å². The molecule has 1 aliphatic heterocycles. The number of aromatic nitrogens is 1. The first kappa shape index (κ1) is 21.3. The lowest BCUT2D eigenvalue weighted by molar-refractivity contribution is -0.127. The number of hydrogen-bond acceptors (Lipinski definition) is 4. The molecule has 0 saturated heterocycles. The molecule has 2 aromatic carbocycles. The molecule has 2 aromatic heterocycles. The zero-order valence-electron chi connectivity index (χ0n) is 18.6. The first-order valence-electron chi connectivity index (χ1n) is 11.0. The van der Waals surface area contributed by atoms with Crippen molar-refractivity contribution in [3.63, 3.8) is 0 Å². The standard InChI is InChI=1S/C26H25N3O3S/c1-16-9-11-19-18(14-16)17(25(28-19)23-8-5-13-33-23)10-12-24(30)29-15-22(26(31)27-2)32-21-7-4-3-6-20(21)29/h3-9,11,13-14,22,28H,10,12,15H2,1-2H3,(H,27,31). The van der Waals surface area contributed by atoms with Crippen LogP contribution in [-0.2, 0) is 16.0 Å². The molecule has 1 aliphatic rings. The van der Waals surface area contributed by atoms with Gasteiger partial charge >= 0.3 is 0 Å². The normalized spacial score (nSPS) is 15.2. The molecule has 7 heteroatoms. The van der Waals surface area contributed by atoms with Crippen molar-refractivity contribution in [2.45, 2.75) is 25.9 Å². The van der Waals surface area contributed by atoms with Gasteiger partial charge in [0.05, 0.1) is 22.8 Å². The van der Waals surface area contributed by atoms with Gasteiger partial charge in [0.1, 0.15) is 5.75 Å². The minimum Gasteiger partial charge on any atom is -0.477 e. The molecule has 1 unspecified atom stereocenters. The topological polar surface area (TPSA) is 74.4 Å². The van der Waals surface area contributed by atoms with E-state index in [1.165, 1.54) is 5.56 Å². The number of ether oxygens (including phenoxy) is 1. The Balaban J connectivity index is 1.45. The average molecular weight is 460 g/mol. The first-order valence-corrected chi connectivity index (χ1v) is 11.9. The number of anilines is 1. The molecule has 5 rings (SSSR count). The van der Waals surface area contributed by atoms with Crippen LogP contribution in [0.5, 0.6) is 5.75 Å². The van der Waals surface area contributed by atoms with E-state index >= 15 is 0 Å². The third-order valence-corrected chi connectivity index (χ3v) is 6.92. The van der Waals surface area contributed by atoms with Gasteiger partial charge in [0.15, 0.2) is 6.10 Å².